The van der Waals surface area contributed by atoms with Gasteiger partial charge in [0.05, 0.1) is 17.2 Å². The molecule has 1 aliphatic heterocycles. The molecule has 1 fully saturated rings. The maximum absolute atomic E-state index is 11.4. The van der Waals surface area contributed by atoms with Gasteiger partial charge < -0.3 is 9.88 Å². The number of nitrogens with one attached hydrogen (secondary N) is 1. The van der Waals surface area contributed by atoms with Crippen LogP contribution in [0.25, 0.3) is 0 Å². The summed E-state index contributed by atoms with van der Waals surface area (Å²) in [7, 11) is -2.79. The van der Waals surface area contributed by atoms with Crippen molar-refractivity contribution in [2.45, 2.75) is 33.2 Å². The molecule has 1 saturated heterocycles. The second-order valence-electron chi connectivity index (χ2n) is 5.36. The van der Waals surface area contributed by atoms with Gasteiger partial charge in [0.25, 0.3) is 0 Å². The van der Waals surface area contributed by atoms with Crippen LogP contribution in [0.5, 0.6) is 0 Å². The standard InChI is InChI=1S/C12H21N3O2S/c1-9(2)15-7-10(3)14-12(15)13-6-11-4-5-18(16,17)8-11/h7,9,11H,4-6,8H2,1-3H3,(H,13,14). The highest BCUT2D eigenvalue weighted by Crippen LogP contribution is 2.20. The normalized spacial score (nSPS) is 22.6. The van der Waals surface area contributed by atoms with Gasteiger partial charge in [-0.25, -0.2) is 13.4 Å². The number of rotatable bonds is 4. The van der Waals surface area contributed by atoms with Crippen molar-refractivity contribution in [2.75, 3.05) is 23.4 Å². The molecule has 0 radical (unpaired) electrons. The minimum atomic E-state index is -2.79. The largest absolute Gasteiger partial charge is 0.355 e. The fourth-order valence-electron chi connectivity index (χ4n) is 2.31. The monoisotopic (exact) mass is 271 g/mol. The molecular weight excluding hydrogens is 250 g/mol. The molecule has 0 aromatic carbocycles. The average molecular weight is 271 g/mol. The summed E-state index contributed by atoms with van der Waals surface area (Å²) in [6.45, 7) is 6.85. The van der Waals surface area contributed by atoms with Gasteiger partial charge in [0.15, 0.2) is 9.84 Å². The summed E-state index contributed by atoms with van der Waals surface area (Å²) >= 11 is 0. The Balaban J connectivity index is 1.98. The van der Waals surface area contributed by atoms with Crippen LogP contribution in [0.3, 0.4) is 0 Å². The van der Waals surface area contributed by atoms with Crippen molar-refractivity contribution in [3.05, 3.63) is 11.9 Å². The van der Waals surface area contributed by atoms with E-state index in [0.717, 1.165) is 18.1 Å². The number of nitrogens with zero attached hydrogens (tertiary/aromatic N) is 2. The average Bonchev–Trinajstić information content (AvgIpc) is 2.78. The van der Waals surface area contributed by atoms with Gasteiger partial charge in [-0.2, -0.15) is 0 Å². The van der Waals surface area contributed by atoms with Crippen LogP contribution in [-0.4, -0.2) is 36.0 Å². The van der Waals surface area contributed by atoms with Gasteiger partial charge in [0.1, 0.15) is 0 Å². The first-order valence-electron chi connectivity index (χ1n) is 6.37. The van der Waals surface area contributed by atoms with Gasteiger partial charge in [0.2, 0.25) is 5.95 Å². The molecule has 6 heteroatoms. The van der Waals surface area contributed by atoms with Gasteiger partial charge in [0, 0.05) is 18.8 Å². The van der Waals surface area contributed by atoms with Crippen molar-refractivity contribution in [3.63, 3.8) is 0 Å². The Labute approximate surface area is 109 Å². The molecule has 0 aliphatic carbocycles. The van der Waals surface area contributed by atoms with E-state index in [0.29, 0.717) is 24.1 Å². The number of hydrogen-bond donors (Lipinski definition) is 1. The van der Waals surface area contributed by atoms with Crippen molar-refractivity contribution in [2.24, 2.45) is 5.92 Å². The molecule has 0 bridgehead atoms. The highest BCUT2D eigenvalue weighted by Gasteiger charge is 2.27. The Kier molecular flexibility index (Phi) is 3.66. The molecule has 2 rings (SSSR count). The zero-order valence-corrected chi connectivity index (χ0v) is 12.0. The zero-order chi connectivity index (χ0) is 13.3. The minimum Gasteiger partial charge on any atom is -0.355 e. The van der Waals surface area contributed by atoms with Crippen LogP contribution in [0.1, 0.15) is 32.0 Å². The second-order valence-corrected chi connectivity index (χ2v) is 7.59. The van der Waals surface area contributed by atoms with Crippen molar-refractivity contribution in [1.29, 1.82) is 0 Å². The van der Waals surface area contributed by atoms with Crippen LogP contribution >= 0.6 is 0 Å². The minimum absolute atomic E-state index is 0.215. The molecule has 5 nitrogen and oxygen atoms in total. The number of hydrogen-bond acceptors (Lipinski definition) is 4. The fourth-order valence-corrected chi connectivity index (χ4v) is 4.17. The van der Waals surface area contributed by atoms with E-state index in [1.807, 2.05) is 13.1 Å². The van der Waals surface area contributed by atoms with Crippen molar-refractivity contribution in [1.82, 2.24) is 9.55 Å². The van der Waals surface area contributed by atoms with Crippen LogP contribution in [0, 0.1) is 12.8 Å². The van der Waals surface area contributed by atoms with Gasteiger partial charge >= 0.3 is 0 Å². The summed E-state index contributed by atoms with van der Waals surface area (Å²) in [6, 6.07) is 0.348. The Hall–Kier alpha value is -1.04. The summed E-state index contributed by atoms with van der Waals surface area (Å²) in [5, 5.41) is 3.28. The maximum Gasteiger partial charge on any atom is 0.203 e. The molecule has 1 aromatic heterocycles. The highest BCUT2D eigenvalue weighted by atomic mass is 32.2. The Morgan fingerprint density at radius 3 is 2.83 bits per heavy atom. The van der Waals surface area contributed by atoms with E-state index < -0.39 is 9.84 Å². The van der Waals surface area contributed by atoms with Crippen LogP contribution in [0.4, 0.5) is 5.95 Å². The topological polar surface area (TPSA) is 64.0 Å². The molecular formula is C12H21N3O2S. The zero-order valence-electron chi connectivity index (χ0n) is 11.2. The number of anilines is 1. The van der Waals surface area contributed by atoms with E-state index in [4.69, 9.17) is 0 Å². The molecule has 102 valence electrons. The van der Waals surface area contributed by atoms with E-state index in [9.17, 15) is 8.42 Å². The van der Waals surface area contributed by atoms with E-state index >= 15 is 0 Å². The first-order chi connectivity index (χ1) is 8.37. The second kappa shape index (κ2) is 4.91. The van der Waals surface area contributed by atoms with Crippen LogP contribution in [0.2, 0.25) is 0 Å². The first kappa shape index (κ1) is 13.4. The smallest absolute Gasteiger partial charge is 0.203 e. The Morgan fingerprint density at radius 2 is 2.28 bits per heavy atom. The molecule has 1 unspecified atom stereocenters. The van der Waals surface area contributed by atoms with E-state index in [1.165, 1.54) is 0 Å². The highest BCUT2D eigenvalue weighted by molar-refractivity contribution is 7.91. The quantitative estimate of drug-likeness (QED) is 0.904. The number of aromatic nitrogens is 2. The lowest BCUT2D eigenvalue weighted by Gasteiger charge is -2.14. The van der Waals surface area contributed by atoms with E-state index in [2.05, 4.69) is 28.7 Å². The van der Waals surface area contributed by atoms with Crippen molar-refractivity contribution in [3.8, 4) is 0 Å². The SMILES string of the molecule is Cc1cn(C(C)C)c(NCC2CCS(=O)(=O)C2)n1. The molecule has 18 heavy (non-hydrogen) atoms. The van der Waals surface area contributed by atoms with Crippen molar-refractivity contribution < 1.29 is 8.42 Å². The van der Waals surface area contributed by atoms with Gasteiger partial charge in [-0.3, -0.25) is 0 Å². The third-order valence-corrected chi connectivity index (χ3v) is 5.12. The summed E-state index contributed by atoms with van der Waals surface area (Å²) < 4.78 is 24.8. The lowest BCUT2D eigenvalue weighted by Crippen LogP contribution is -2.18. The molecule has 1 atom stereocenters. The third kappa shape index (κ3) is 3.04. The summed E-state index contributed by atoms with van der Waals surface area (Å²) in [5.74, 6) is 1.69. The molecule has 1 N–H and O–H groups in total. The maximum atomic E-state index is 11.4. The number of sulfone groups is 1. The number of aryl methyl sites for hydroxylation is 1. The molecule has 0 amide bonds. The van der Waals surface area contributed by atoms with Gasteiger partial charge in [-0.1, -0.05) is 0 Å². The van der Waals surface area contributed by atoms with E-state index in [1.54, 1.807) is 0 Å². The predicted octanol–water partition coefficient (Wildman–Crippen LogP) is 1.62. The first-order valence-corrected chi connectivity index (χ1v) is 8.19. The lowest BCUT2D eigenvalue weighted by atomic mass is 10.1. The summed E-state index contributed by atoms with van der Waals surface area (Å²) in [4.78, 5) is 4.43. The fraction of sp³-hybridized carbons (Fsp3) is 0.750. The van der Waals surface area contributed by atoms with Crippen molar-refractivity contribution >= 4 is 15.8 Å². The third-order valence-electron chi connectivity index (χ3n) is 3.28. The van der Waals surface area contributed by atoms with Crippen LogP contribution in [-0.2, 0) is 9.84 Å². The molecule has 2 heterocycles. The number of imidazole rings is 1. The van der Waals surface area contributed by atoms with Crippen LogP contribution in [0.15, 0.2) is 6.20 Å². The molecule has 0 saturated carbocycles. The summed E-state index contributed by atoms with van der Waals surface area (Å²) in [6.07, 6.45) is 2.77. The molecule has 1 aliphatic rings. The lowest BCUT2D eigenvalue weighted by molar-refractivity contribution is 0.583. The predicted molar refractivity (Wildman–Crippen MR) is 72.6 cm³/mol. The summed E-state index contributed by atoms with van der Waals surface area (Å²) in [5.41, 5.74) is 0.977. The van der Waals surface area contributed by atoms with Crippen LogP contribution < -0.4 is 5.32 Å². The van der Waals surface area contributed by atoms with Gasteiger partial charge in [-0.05, 0) is 33.1 Å². The molecule has 0 spiro atoms. The van der Waals surface area contributed by atoms with Gasteiger partial charge in [-0.15, -0.1) is 0 Å². The van der Waals surface area contributed by atoms with E-state index in [-0.39, 0.29) is 5.92 Å². The molecule has 1 aromatic rings. The Bertz CT molecular complexity index is 519. The Morgan fingerprint density at radius 1 is 1.56 bits per heavy atom.